The van der Waals surface area contributed by atoms with Gasteiger partial charge in [-0.1, -0.05) is 6.07 Å². The molecule has 0 aliphatic heterocycles. The summed E-state index contributed by atoms with van der Waals surface area (Å²) in [4.78, 5) is 0.147. The lowest BCUT2D eigenvalue weighted by atomic mass is 10.1. The van der Waals surface area contributed by atoms with E-state index in [-0.39, 0.29) is 11.4 Å². The smallest absolute Gasteiger partial charge is 0.243 e. The number of nitrogens with zero attached hydrogens (tertiary/aromatic N) is 1. The van der Waals surface area contributed by atoms with Gasteiger partial charge in [0.2, 0.25) is 10.0 Å². The van der Waals surface area contributed by atoms with E-state index in [0.717, 1.165) is 4.31 Å². The summed E-state index contributed by atoms with van der Waals surface area (Å²) >= 11 is 0. The van der Waals surface area contributed by atoms with Crippen molar-refractivity contribution >= 4 is 10.0 Å². The molecule has 0 saturated heterocycles. The Morgan fingerprint density at radius 3 is 2.50 bits per heavy atom. The van der Waals surface area contributed by atoms with Crippen molar-refractivity contribution in [2.75, 3.05) is 20.7 Å². The van der Waals surface area contributed by atoms with Gasteiger partial charge < -0.3 is 9.84 Å². The first-order valence-electron chi connectivity index (χ1n) is 5.49. The highest BCUT2D eigenvalue weighted by Gasteiger charge is 2.26. The van der Waals surface area contributed by atoms with Crippen LogP contribution in [0.4, 0.5) is 0 Å². The van der Waals surface area contributed by atoms with Crippen molar-refractivity contribution in [3.63, 3.8) is 0 Å². The van der Waals surface area contributed by atoms with E-state index in [2.05, 4.69) is 0 Å². The molecular formula is C12H19NO4S. The van der Waals surface area contributed by atoms with Crippen LogP contribution < -0.4 is 4.74 Å². The Morgan fingerprint density at radius 2 is 2.00 bits per heavy atom. The van der Waals surface area contributed by atoms with Gasteiger partial charge in [-0.05, 0) is 26.0 Å². The largest absolute Gasteiger partial charge is 0.497 e. The van der Waals surface area contributed by atoms with Crippen LogP contribution >= 0.6 is 0 Å². The minimum absolute atomic E-state index is 0.0204. The van der Waals surface area contributed by atoms with Crippen molar-refractivity contribution in [2.45, 2.75) is 24.3 Å². The molecule has 1 N–H and O–H groups in total. The molecule has 0 bridgehead atoms. The molecule has 0 fully saturated rings. The number of likely N-dealkylation sites (N-methyl/N-ethyl adjacent to an activating group) is 1. The lowest BCUT2D eigenvalue weighted by Crippen LogP contribution is -2.39. The summed E-state index contributed by atoms with van der Waals surface area (Å²) in [6.45, 7) is 3.14. The Balaban J connectivity index is 3.05. The molecule has 0 unspecified atom stereocenters. The number of hydrogen-bond acceptors (Lipinski definition) is 4. The van der Waals surface area contributed by atoms with E-state index in [1.54, 1.807) is 26.0 Å². The van der Waals surface area contributed by atoms with E-state index in [1.165, 1.54) is 26.3 Å². The number of ether oxygens (including phenoxy) is 1. The molecule has 1 aromatic carbocycles. The quantitative estimate of drug-likeness (QED) is 0.872. The normalized spacial score (nSPS) is 12.8. The number of sulfonamides is 1. The van der Waals surface area contributed by atoms with Crippen LogP contribution in [-0.4, -0.2) is 44.1 Å². The van der Waals surface area contributed by atoms with Crippen molar-refractivity contribution in [1.29, 1.82) is 0 Å². The molecule has 1 aromatic rings. The first kappa shape index (κ1) is 14.9. The average molecular weight is 273 g/mol. The van der Waals surface area contributed by atoms with Gasteiger partial charge in [0.25, 0.3) is 0 Å². The maximum absolute atomic E-state index is 12.2. The molecule has 0 aliphatic carbocycles. The Hall–Kier alpha value is -1.11. The summed E-state index contributed by atoms with van der Waals surface area (Å²) in [5.74, 6) is 0.479. The van der Waals surface area contributed by atoms with Gasteiger partial charge in [0, 0.05) is 19.7 Å². The van der Waals surface area contributed by atoms with Crippen LogP contribution in [0.3, 0.4) is 0 Å². The third-order valence-electron chi connectivity index (χ3n) is 2.36. The second kappa shape index (κ2) is 5.26. The first-order chi connectivity index (χ1) is 8.16. The highest BCUT2D eigenvalue weighted by molar-refractivity contribution is 7.89. The minimum Gasteiger partial charge on any atom is -0.497 e. The number of aliphatic hydroxyl groups is 1. The van der Waals surface area contributed by atoms with Gasteiger partial charge >= 0.3 is 0 Å². The van der Waals surface area contributed by atoms with E-state index >= 15 is 0 Å². The number of benzene rings is 1. The Kier molecular flexibility index (Phi) is 4.37. The zero-order valence-electron chi connectivity index (χ0n) is 11.0. The predicted octanol–water partition coefficient (Wildman–Crippen LogP) is 1.09. The average Bonchev–Trinajstić information content (AvgIpc) is 2.27. The van der Waals surface area contributed by atoms with Crippen molar-refractivity contribution in [3.05, 3.63) is 24.3 Å². The molecule has 1 rings (SSSR count). The Morgan fingerprint density at radius 1 is 1.39 bits per heavy atom. The summed E-state index contributed by atoms with van der Waals surface area (Å²) in [7, 11) is -0.696. The van der Waals surface area contributed by atoms with Gasteiger partial charge in [0.15, 0.2) is 0 Å². The zero-order valence-corrected chi connectivity index (χ0v) is 11.9. The lowest BCUT2D eigenvalue weighted by Gasteiger charge is -2.25. The SMILES string of the molecule is COc1cccc(S(=O)(=O)N(C)CC(C)(C)O)c1. The topological polar surface area (TPSA) is 66.8 Å². The fourth-order valence-electron chi connectivity index (χ4n) is 1.57. The number of rotatable bonds is 5. The molecule has 102 valence electrons. The fourth-order valence-corrected chi connectivity index (χ4v) is 2.93. The molecule has 0 aliphatic rings. The van der Waals surface area contributed by atoms with Gasteiger partial charge in [-0.3, -0.25) is 0 Å². The fraction of sp³-hybridized carbons (Fsp3) is 0.500. The molecule has 0 saturated carbocycles. The second-order valence-electron chi connectivity index (χ2n) is 4.75. The molecule has 18 heavy (non-hydrogen) atoms. The van der Waals surface area contributed by atoms with Crippen LogP contribution in [0, 0.1) is 0 Å². The highest BCUT2D eigenvalue weighted by atomic mass is 32.2. The van der Waals surface area contributed by atoms with Crippen LogP contribution in [0.5, 0.6) is 5.75 Å². The summed E-state index contributed by atoms with van der Waals surface area (Å²) in [5, 5.41) is 9.67. The van der Waals surface area contributed by atoms with Gasteiger partial charge in [-0.15, -0.1) is 0 Å². The molecule has 0 spiro atoms. The summed E-state index contributed by atoms with van der Waals surface area (Å²) in [5.41, 5.74) is -1.08. The standard InChI is InChI=1S/C12H19NO4S/c1-12(2,14)9-13(3)18(15,16)11-7-5-6-10(8-11)17-4/h5-8,14H,9H2,1-4H3. The van der Waals surface area contributed by atoms with Gasteiger partial charge in [-0.25, -0.2) is 8.42 Å². The minimum atomic E-state index is -3.61. The maximum Gasteiger partial charge on any atom is 0.243 e. The molecule has 0 aromatic heterocycles. The molecular weight excluding hydrogens is 254 g/mol. The van der Waals surface area contributed by atoms with Gasteiger partial charge in [0.1, 0.15) is 5.75 Å². The van der Waals surface area contributed by atoms with Crippen molar-refractivity contribution in [3.8, 4) is 5.75 Å². The summed E-state index contributed by atoms with van der Waals surface area (Å²) in [6, 6.07) is 6.24. The molecule has 0 radical (unpaired) electrons. The third kappa shape index (κ3) is 3.69. The molecule has 0 atom stereocenters. The summed E-state index contributed by atoms with van der Waals surface area (Å²) in [6.07, 6.45) is 0. The monoisotopic (exact) mass is 273 g/mol. The van der Waals surface area contributed by atoms with Crippen molar-refractivity contribution < 1.29 is 18.3 Å². The van der Waals surface area contributed by atoms with E-state index in [0.29, 0.717) is 5.75 Å². The van der Waals surface area contributed by atoms with Crippen LogP contribution in [-0.2, 0) is 10.0 Å². The van der Waals surface area contributed by atoms with Crippen molar-refractivity contribution in [1.82, 2.24) is 4.31 Å². The maximum atomic E-state index is 12.2. The van der Waals surface area contributed by atoms with E-state index in [9.17, 15) is 13.5 Å². The predicted molar refractivity (Wildman–Crippen MR) is 69.1 cm³/mol. The van der Waals surface area contributed by atoms with E-state index in [4.69, 9.17) is 4.74 Å². The lowest BCUT2D eigenvalue weighted by molar-refractivity contribution is 0.0640. The van der Waals surface area contributed by atoms with Crippen molar-refractivity contribution in [2.24, 2.45) is 0 Å². The van der Waals surface area contributed by atoms with Crippen LogP contribution in [0.2, 0.25) is 0 Å². The Bertz CT molecular complexity index is 505. The van der Waals surface area contributed by atoms with Crippen LogP contribution in [0.1, 0.15) is 13.8 Å². The molecule has 6 heteroatoms. The first-order valence-corrected chi connectivity index (χ1v) is 6.93. The van der Waals surface area contributed by atoms with E-state index < -0.39 is 15.6 Å². The highest BCUT2D eigenvalue weighted by Crippen LogP contribution is 2.21. The number of methoxy groups -OCH3 is 1. The molecule has 0 amide bonds. The van der Waals surface area contributed by atoms with E-state index in [1.807, 2.05) is 0 Å². The van der Waals surface area contributed by atoms with Crippen LogP contribution in [0.25, 0.3) is 0 Å². The number of hydrogen-bond donors (Lipinski definition) is 1. The molecule has 5 nitrogen and oxygen atoms in total. The zero-order chi connectivity index (χ0) is 14.0. The van der Waals surface area contributed by atoms with Crippen LogP contribution in [0.15, 0.2) is 29.2 Å². The summed E-state index contributed by atoms with van der Waals surface area (Å²) < 4.78 is 30.6. The van der Waals surface area contributed by atoms with Gasteiger partial charge in [-0.2, -0.15) is 4.31 Å². The molecule has 0 heterocycles. The Labute approximate surface area is 108 Å². The third-order valence-corrected chi connectivity index (χ3v) is 4.16. The van der Waals surface area contributed by atoms with Gasteiger partial charge in [0.05, 0.1) is 17.6 Å². The second-order valence-corrected chi connectivity index (χ2v) is 6.80.